The third-order valence-electron chi connectivity index (χ3n) is 6.75. The van der Waals surface area contributed by atoms with E-state index in [9.17, 15) is 20.4 Å². The standard InChI is InChI=1S/C31H26O4/c1-3-7-18-11-13-24(30(34)28(18)32)23-16-15-22-21-10-6-5-9-20(21)17-26(22)27(23)25-14-12-19(8-4-2)29(33)31(25)35/h3-6,9-16,32-35H,1-2,7-8,17H2. The predicted octanol–water partition coefficient (Wildman–Crippen LogP) is 6.87. The zero-order chi connectivity index (χ0) is 24.7. The summed E-state index contributed by atoms with van der Waals surface area (Å²) in [7, 11) is 0. The summed E-state index contributed by atoms with van der Waals surface area (Å²) in [6.45, 7) is 7.43. The van der Waals surface area contributed by atoms with Crippen LogP contribution in [0.4, 0.5) is 0 Å². The van der Waals surface area contributed by atoms with E-state index in [-0.39, 0.29) is 23.0 Å². The molecule has 0 saturated heterocycles. The van der Waals surface area contributed by atoms with Gasteiger partial charge in [0.05, 0.1) is 0 Å². The Kier molecular flexibility index (Phi) is 5.58. The van der Waals surface area contributed by atoms with Crippen LogP contribution in [-0.2, 0) is 19.3 Å². The summed E-state index contributed by atoms with van der Waals surface area (Å²) < 4.78 is 0. The fourth-order valence-electron chi connectivity index (χ4n) is 5.05. The lowest BCUT2D eigenvalue weighted by molar-refractivity contribution is 0.401. The second kappa shape index (κ2) is 8.73. The Labute approximate surface area is 204 Å². The number of phenols is 4. The van der Waals surface area contributed by atoms with Gasteiger partial charge in [-0.15, -0.1) is 13.2 Å². The highest BCUT2D eigenvalue weighted by molar-refractivity contribution is 5.97. The summed E-state index contributed by atoms with van der Waals surface area (Å²) in [5, 5.41) is 43.5. The molecule has 5 rings (SSSR count). The van der Waals surface area contributed by atoms with Crippen LogP contribution < -0.4 is 0 Å². The zero-order valence-electron chi connectivity index (χ0n) is 19.3. The van der Waals surface area contributed by atoms with Gasteiger partial charge in [-0.05, 0) is 52.6 Å². The highest BCUT2D eigenvalue weighted by Gasteiger charge is 2.28. The first-order valence-corrected chi connectivity index (χ1v) is 11.5. The highest BCUT2D eigenvalue weighted by Crippen LogP contribution is 2.52. The molecule has 35 heavy (non-hydrogen) atoms. The third kappa shape index (κ3) is 3.55. The average Bonchev–Trinajstić information content (AvgIpc) is 3.24. The summed E-state index contributed by atoms with van der Waals surface area (Å²) in [5.74, 6) is -0.824. The molecular weight excluding hydrogens is 436 g/mol. The van der Waals surface area contributed by atoms with Crippen molar-refractivity contribution >= 4 is 0 Å². The minimum Gasteiger partial charge on any atom is -0.504 e. The summed E-state index contributed by atoms with van der Waals surface area (Å²) >= 11 is 0. The lowest BCUT2D eigenvalue weighted by atomic mass is 9.86. The fourth-order valence-corrected chi connectivity index (χ4v) is 5.05. The number of fused-ring (bicyclic) bond motifs is 3. The van der Waals surface area contributed by atoms with Crippen molar-refractivity contribution in [3.8, 4) is 56.4 Å². The zero-order valence-corrected chi connectivity index (χ0v) is 19.3. The van der Waals surface area contributed by atoms with E-state index >= 15 is 0 Å². The van der Waals surface area contributed by atoms with Gasteiger partial charge in [-0.3, -0.25) is 0 Å². The lowest BCUT2D eigenvalue weighted by Gasteiger charge is -2.19. The predicted molar refractivity (Wildman–Crippen MR) is 140 cm³/mol. The molecule has 0 bridgehead atoms. The second-order valence-corrected chi connectivity index (χ2v) is 8.77. The van der Waals surface area contributed by atoms with E-state index in [2.05, 4.69) is 25.3 Å². The Balaban J connectivity index is 1.81. The number of hydrogen-bond donors (Lipinski definition) is 4. The van der Waals surface area contributed by atoms with Gasteiger partial charge in [-0.1, -0.05) is 72.8 Å². The van der Waals surface area contributed by atoms with Crippen molar-refractivity contribution in [2.75, 3.05) is 0 Å². The van der Waals surface area contributed by atoms with Crippen LogP contribution in [0.3, 0.4) is 0 Å². The van der Waals surface area contributed by atoms with Crippen molar-refractivity contribution in [1.82, 2.24) is 0 Å². The van der Waals surface area contributed by atoms with Gasteiger partial charge in [0.25, 0.3) is 0 Å². The Morgan fingerprint density at radius 1 is 0.571 bits per heavy atom. The molecule has 0 heterocycles. The van der Waals surface area contributed by atoms with E-state index in [1.807, 2.05) is 24.3 Å². The van der Waals surface area contributed by atoms with Crippen LogP contribution in [0, 0.1) is 0 Å². The van der Waals surface area contributed by atoms with Crippen LogP contribution in [0.2, 0.25) is 0 Å². The normalized spacial score (nSPS) is 11.7. The average molecular weight is 463 g/mol. The summed E-state index contributed by atoms with van der Waals surface area (Å²) in [6, 6.07) is 19.2. The maximum absolute atomic E-state index is 11.1. The molecule has 4 aromatic carbocycles. The number of aromatic hydroxyl groups is 4. The maximum Gasteiger partial charge on any atom is 0.165 e. The van der Waals surface area contributed by atoms with Gasteiger partial charge in [0.1, 0.15) is 0 Å². The fraction of sp³-hybridized carbons (Fsp3) is 0.0968. The van der Waals surface area contributed by atoms with Crippen LogP contribution in [-0.4, -0.2) is 20.4 Å². The molecule has 1 aliphatic carbocycles. The summed E-state index contributed by atoms with van der Waals surface area (Å²) in [6.07, 6.45) is 4.82. The number of phenolic OH excluding ortho intramolecular Hbond substituents is 4. The Bertz CT molecular complexity index is 1500. The molecule has 174 valence electrons. The van der Waals surface area contributed by atoms with Crippen LogP contribution >= 0.6 is 0 Å². The molecule has 0 saturated carbocycles. The summed E-state index contributed by atoms with van der Waals surface area (Å²) in [4.78, 5) is 0. The van der Waals surface area contributed by atoms with Gasteiger partial charge >= 0.3 is 0 Å². The molecule has 0 fully saturated rings. The molecule has 0 spiro atoms. The van der Waals surface area contributed by atoms with Gasteiger partial charge < -0.3 is 20.4 Å². The topological polar surface area (TPSA) is 80.9 Å². The number of hydrogen-bond acceptors (Lipinski definition) is 4. The minimum absolute atomic E-state index is 0.185. The maximum atomic E-state index is 11.1. The molecule has 1 aliphatic rings. The van der Waals surface area contributed by atoms with Gasteiger partial charge in [-0.2, -0.15) is 0 Å². The second-order valence-electron chi connectivity index (χ2n) is 8.77. The molecule has 0 aromatic heterocycles. The molecule has 4 heteroatoms. The van der Waals surface area contributed by atoms with Gasteiger partial charge in [-0.25, -0.2) is 0 Å². The number of benzene rings is 4. The van der Waals surface area contributed by atoms with Gasteiger partial charge in [0.2, 0.25) is 0 Å². The molecular formula is C31H26O4. The van der Waals surface area contributed by atoms with E-state index in [4.69, 9.17) is 0 Å². The van der Waals surface area contributed by atoms with Crippen LogP contribution in [0.15, 0.2) is 86.0 Å². The third-order valence-corrected chi connectivity index (χ3v) is 6.75. The smallest absolute Gasteiger partial charge is 0.165 e. The quantitative estimate of drug-likeness (QED) is 0.164. The van der Waals surface area contributed by atoms with Crippen molar-refractivity contribution in [2.45, 2.75) is 19.3 Å². The van der Waals surface area contributed by atoms with E-state index < -0.39 is 0 Å². The number of rotatable bonds is 6. The van der Waals surface area contributed by atoms with Crippen molar-refractivity contribution in [3.63, 3.8) is 0 Å². The van der Waals surface area contributed by atoms with E-state index in [0.29, 0.717) is 52.6 Å². The first-order chi connectivity index (χ1) is 17.0. The molecule has 0 radical (unpaired) electrons. The van der Waals surface area contributed by atoms with Crippen molar-refractivity contribution in [1.29, 1.82) is 0 Å². The minimum atomic E-state index is -0.229. The molecule has 4 N–H and O–H groups in total. The van der Waals surface area contributed by atoms with E-state index in [0.717, 1.165) is 16.7 Å². The molecule has 0 amide bonds. The monoisotopic (exact) mass is 462 g/mol. The van der Waals surface area contributed by atoms with Crippen LogP contribution in [0.5, 0.6) is 23.0 Å². The van der Waals surface area contributed by atoms with Crippen LogP contribution in [0.1, 0.15) is 22.3 Å². The lowest BCUT2D eigenvalue weighted by Crippen LogP contribution is -1.96. The molecule has 0 aliphatic heterocycles. The van der Waals surface area contributed by atoms with Gasteiger partial charge in [0, 0.05) is 22.3 Å². The Morgan fingerprint density at radius 2 is 1.11 bits per heavy atom. The van der Waals surface area contributed by atoms with Crippen molar-refractivity contribution < 1.29 is 20.4 Å². The van der Waals surface area contributed by atoms with E-state index in [1.165, 1.54) is 5.56 Å². The molecule has 0 atom stereocenters. The Morgan fingerprint density at radius 3 is 1.77 bits per heavy atom. The SMILES string of the molecule is C=CCc1ccc(-c2ccc3c(c2-c2ccc(CC=C)c(O)c2O)Cc2ccccc2-3)c(O)c1O. The highest BCUT2D eigenvalue weighted by atomic mass is 16.3. The van der Waals surface area contributed by atoms with Crippen molar-refractivity contribution in [2.24, 2.45) is 0 Å². The van der Waals surface area contributed by atoms with Gasteiger partial charge in [0.15, 0.2) is 23.0 Å². The first-order valence-electron chi connectivity index (χ1n) is 11.5. The Hall–Kier alpha value is -4.44. The van der Waals surface area contributed by atoms with Crippen LogP contribution in [0.25, 0.3) is 33.4 Å². The largest absolute Gasteiger partial charge is 0.504 e. The summed E-state index contributed by atoms with van der Waals surface area (Å²) in [5.41, 5.74) is 7.74. The molecule has 4 aromatic rings. The number of allylic oxidation sites excluding steroid dienone is 2. The molecule has 0 unspecified atom stereocenters. The molecule has 4 nitrogen and oxygen atoms in total. The first kappa shape index (κ1) is 22.4. The van der Waals surface area contributed by atoms with E-state index in [1.54, 1.807) is 36.4 Å². The van der Waals surface area contributed by atoms with Crippen molar-refractivity contribution in [3.05, 3.63) is 108 Å².